The molecule has 0 fully saturated rings. The van der Waals surface area contributed by atoms with Crippen molar-refractivity contribution in [3.8, 4) is 0 Å². The second-order valence-corrected chi connectivity index (χ2v) is 7.47. The minimum atomic E-state index is 0. The van der Waals surface area contributed by atoms with E-state index in [-0.39, 0.29) is 36.4 Å². The molecule has 0 bridgehead atoms. The highest BCUT2D eigenvalue weighted by atomic mass is 127. The number of guanidine groups is 1. The monoisotopic (exact) mass is 504 g/mol. The van der Waals surface area contributed by atoms with Crippen molar-refractivity contribution >= 4 is 58.9 Å². The Bertz CT molecular complexity index is 663. The van der Waals surface area contributed by atoms with E-state index in [1.54, 1.807) is 42.1 Å². The summed E-state index contributed by atoms with van der Waals surface area (Å²) >= 11 is 3.45. The van der Waals surface area contributed by atoms with Crippen molar-refractivity contribution in [1.29, 1.82) is 0 Å². The predicted octanol–water partition coefficient (Wildman–Crippen LogP) is 3.28. The summed E-state index contributed by atoms with van der Waals surface area (Å²) in [6.07, 6.45) is 0. The van der Waals surface area contributed by atoms with Gasteiger partial charge in [-0.2, -0.15) is 11.3 Å². The van der Waals surface area contributed by atoms with Crippen molar-refractivity contribution in [3.05, 3.63) is 52.7 Å². The quantitative estimate of drug-likeness (QED) is 0.191. The summed E-state index contributed by atoms with van der Waals surface area (Å²) in [4.78, 5) is 19.1. The van der Waals surface area contributed by atoms with Crippen LogP contribution in [-0.4, -0.2) is 49.7 Å². The van der Waals surface area contributed by atoms with Crippen molar-refractivity contribution in [3.63, 3.8) is 0 Å². The Morgan fingerprint density at radius 1 is 1.19 bits per heavy atom. The third-order valence-corrected chi connectivity index (χ3v) is 5.06. The fraction of sp³-hybridized carbons (Fsp3) is 0.333. The average molecular weight is 504 g/mol. The first kappa shape index (κ1) is 22.8. The summed E-state index contributed by atoms with van der Waals surface area (Å²) in [5.74, 6) is 1.60. The van der Waals surface area contributed by atoms with Crippen LogP contribution in [0.5, 0.6) is 0 Å². The summed E-state index contributed by atoms with van der Waals surface area (Å²) in [5.41, 5.74) is 1.17. The van der Waals surface area contributed by atoms with E-state index in [4.69, 9.17) is 0 Å². The molecule has 0 saturated carbocycles. The molecule has 1 heterocycles. The normalized spacial score (nSPS) is 10.8. The molecule has 1 aromatic heterocycles. The van der Waals surface area contributed by atoms with Crippen LogP contribution in [0.1, 0.15) is 5.56 Å². The fourth-order valence-electron chi connectivity index (χ4n) is 1.90. The van der Waals surface area contributed by atoms with Crippen LogP contribution in [-0.2, 0) is 11.3 Å². The van der Waals surface area contributed by atoms with Gasteiger partial charge in [-0.3, -0.25) is 4.79 Å². The molecule has 1 amide bonds. The molecule has 0 saturated heterocycles. The molecule has 142 valence electrons. The van der Waals surface area contributed by atoms with Crippen molar-refractivity contribution in [2.24, 2.45) is 4.99 Å². The zero-order valence-corrected chi connectivity index (χ0v) is 18.9. The van der Waals surface area contributed by atoms with Gasteiger partial charge in [0.05, 0.1) is 13.1 Å². The Hall–Kier alpha value is -1.26. The number of carbonyl (C=O) groups is 1. The third kappa shape index (κ3) is 8.91. The van der Waals surface area contributed by atoms with E-state index in [9.17, 15) is 4.79 Å². The Morgan fingerprint density at radius 3 is 2.62 bits per heavy atom. The molecule has 0 aliphatic heterocycles. The number of rotatable bonds is 8. The van der Waals surface area contributed by atoms with E-state index in [0.29, 0.717) is 12.5 Å². The number of nitrogens with zero attached hydrogens (tertiary/aromatic N) is 2. The molecule has 2 N–H and O–H groups in total. The molecule has 0 atom stereocenters. The van der Waals surface area contributed by atoms with Crippen molar-refractivity contribution in [1.82, 2.24) is 15.5 Å². The van der Waals surface area contributed by atoms with Gasteiger partial charge in [-0.15, -0.1) is 35.7 Å². The molecule has 0 aliphatic rings. The molecule has 26 heavy (non-hydrogen) atoms. The third-order valence-electron chi connectivity index (χ3n) is 3.31. The molecule has 1 aromatic carbocycles. The number of hydrogen-bond acceptors (Lipinski definition) is 4. The number of carbonyl (C=O) groups excluding carboxylic acids is 1. The standard InChI is InChI=1S/C18H24N4OS2.HI/c1-22(2)17(23)13-21-18(20-12-15-8-10-24-14-15)19-9-11-25-16-6-4-3-5-7-16;/h3-8,10,14H,9,11-13H2,1-2H3,(H2,19,20,21);1H. The number of thioether (sulfide) groups is 1. The molecular formula is C18H25IN4OS2. The predicted molar refractivity (Wildman–Crippen MR) is 123 cm³/mol. The van der Waals surface area contributed by atoms with Crippen molar-refractivity contribution in [2.45, 2.75) is 11.4 Å². The molecule has 2 aromatic rings. The SMILES string of the molecule is CN(C)C(=O)CNC(=NCc1ccsc1)NCCSc1ccccc1.I. The van der Waals surface area contributed by atoms with Gasteiger partial charge in [-0.25, -0.2) is 4.99 Å². The van der Waals surface area contributed by atoms with Gasteiger partial charge in [0, 0.05) is 31.3 Å². The van der Waals surface area contributed by atoms with Crippen LogP contribution in [0.4, 0.5) is 0 Å². The van der Waals surface area contributed by atoms with E-state index in [1.807, 2.05) is 23.6 Å². The van der Waals surface area contributed by atoms with Gasteiger partial charge in [0.25, 0.3) is 0 Å². The van der Waals surface area contributed by atoms with Crippen molar-refractivity contribution < 1.29 is 4.79 Å². The summed E-state index contributed by atoms with van der Waals surface area (Å²) in [7, 11) is 3.49. The van der Waals surface area contributed by atoms with Crippen LogP contribution in [0.25, 0.3) is 0 Å². The number of thiophene rings is 1. The lowest BCUT2D eigenvalue weighted by atomic mass is 10.3. The van der Waals surface area contributed by atoms with Gasteiger partial charge >= 0.3 is 0 Å². The summed E-state index contributed by atoms with van der Waals surface area (Å²) < 4.78 is 0. The van der Waals surface area contributed by atoms with E-state index < -0.39 is 0 Å². The first-order valence-electron chi connectivity index (χ1n) is 8.06. The van der Waals surface area contributed by atoms with Crippen LogP contribution in [0.3, 0.4) is 0 Å². The van der Waals surface area contributed by atoms with E-state index >= 15 is 0 Å². The Labute approximate surface area is 180 Å². The molecule has 0 spiro atoms. The maximum Gasteiger partial charge on any atom is 0.241 e. The number of aliphatic imine (C=N–C) groups is 1. The lowest BCUT2D eigenvalue weighted by Crippen LogP contribution is -2.43. The number of nitrogens with one attached hydrogen (secondary N) is 2. The minimum Gasteiger partial charge on any atom is -0.356 e. The Kier molecular flexibility index (Phi) is 11.4. The van der Waals surface area contributed by atoms with Crippen LogP contribution >= 0.6 is 47.1 Å². The van der Waals surface area contributed by atoms with E-state index in [2.05, 4.69) is 39.2 Å². The molecule has 0 unspecified atom stereocenters. The molecule has 2 rings (SSSR count). The minimum absolute atomic E-state index is 0. The largest absolute Gasteiger partial charge is 0.356 e. The van der Waals surface area contributed by atoms with Gasteiger partial charge in [-0.1, -0.05) is 18.2 Å². The van der Waals surface area contributed by atoms with E-state index in [1.165, 1.54) is 10.5 Å². The van der Waals surface area contributed by atoms with Crippen LogP contribution < -0.4 is 10.6 Å². The first-order chi connectivity index (χ1) is 12.1. The lowest BCUT2D eigenvalue weighted by Gasteiger charge is -2.15. The van der Waals surface area contributed by atoms with Gasteiger partial charge in [0.2, 0.25) is 5.91 Å². The molecule has 0 radical (unpaired) electrons. The molecule has 8 heteroatoms. The van der Waals surface area contributed by atoms with Crippen molar-refractivity contribution in [2.75, 3.05) is 32.9 Å². The fourth-order valence-corrected chi connectivity index (χ4v) is 3.35. The lowest BCUT2D eigenvalue weighted by molar-refractivity contribution is -0.127. The number of amides is 1. The topological polar surface area (TPSA) is 56.7 Å². The number of hydrogen-bond donors (Lipinski definition) is 2. The van der Waals surface area contributed by atoms with Crippen LogP contribution in [0, 0.1) is 0 Å². The smallest absolute Gasteiger partial charge is 0.241 e. The maximum absolute atomic E-state index is 11.8. The van der Waals surface area contributed by atoms with Gasteiger partial charge < -0.3 is 15.5 Å². The Balaban J connectivity index is 0.00000338. The average Bonchev–Trinajstić information content (AvgIpc) is 3.14. The number of halogens is 1. The molecule has 5 nitrogen and oxygen atoms in total. The molecule has 0 aliphatic carbocycles. The number of likely N-dealkylation sites (N-methyl/N-ethyl adjacent to an activating group) is 1. The number of benzene rings is 1. The highest BCUT2D eigenvalue weighted by molar-refractivity contribution is 14.0. The van der Waals surface area contributed by atoms with E-state index in [0.717, 1.165) is 12.3 Å². The second-order valence-electron chi connectivity index (χ2n) is 5.53. The maximum atomic E-state index is 11.8. The van der Waals surface area contributed by atoms with Gasteiger partial charge in [-0.05, 0) is 34.5 Å². The first-order valence-corrected chi connectivity index (χ1v) is 9.99. The van der Waals surface area contributed by atoms with Crippen LogP contribution in [0.15, 0.2) is 57.0 Å². The Morgan fingerprint density at radius 2 is 1.96 bits per heavy atom. The summed E-state index contributed by atoms with van der Waals surface area (Å²) in [6, 6.07) is 12.4. The summed E-state index contributed by atoms with van der Waals surface area (Å²) in [5, 5.41) is 10.5. The molecular weight excluding hydrogens is 479 g/mol. The second kappa shape index (κ2) is 13.0. The highest BCUT2D eigenvalue weighted by Crippen LogP contribution is 2.15. The van der Waals surface area contributed by atoms with Gasteiger partial charge in [0.15, 0.2) is 5.96 Å². The highest BCUT2D eigenvalue weighted by Gasteiger charge is 2.06. The van der Waals surface area contributed by atoms with Gasteiger partial charge in [0.1, 0.15) is 0 Å². The summed E-state index contributed by atoms with van der Waals surface area (Å²) in [6.45, 7) is 1.60. The zero-order valence-electron chi connectivity index (χ0n) is 15.0. The zero-order chi connectivity index (χ0) is 17.9. The van der Waals surface area contributed by atoms with Crippen LogP contribution in [0.2, 0.25) is 0 Å².